The van der Waals surface area contributed by atoms with E-state index in [4.69, 9.17) is 5.73 Å². The van der Waals surface area contributed by atoms with Crippen molar-refractivity contribution < 1.29 is 13.2 Å². The molecule has 8 heteroatoms. The number of nitrogens with zero attached hydrogens (tertiary/aromatic N) is 3. The molecule has 0 atom stereocenters. The summed E-state index contributed by atoms with van der Waals surface area (Å²) >= 11 is 0. The van der Waals surface area contributed by atoms with Crippen LogP contribution in [0.2, 0.25) is 0 Å². The van der Waals surface area contributed by atoms with Gasteiger partial charge in [0.15, 0.2) is 0 Å². The first-order chi connectivity index (χ1) is 9.50. The number of aromatic nitrogens is 2. The molecule has 0 aliphatic carbocycles. The van der Waals surface area contributed by atoms with E-state index in [1.807, 2.05) is 0 Å². The van der Waals surface area contributed by atoms with E-state index < -0.39 is 15.9 Å². The van der Waals surface area contributed by atoms with Crippen LogP contribution in [0.5, 0.6) is 0 Å². The van der Waals surface area contributed by atoms with Gasteiger partial charge in [0.2, 0.25) is 0 Å². The molecule has 1 aliphatic heterocycles. The SMILES string of the molecule is Nc1ccc2c(c1)C(=O)N(Cc1ncccn1)S2(=O)=O. The van der Waals surface area contributed by atoms with Gasteiger partial charge in [0.25, 0.3) is 15.9 Å². The molecule has 0 bridgehead atoms. The Morgan fingerprint density at radius 2 is 1.90 bits per heavy atom. The van der Waals surface area contributed by atoms with Crippen LogP contribution in [-0.4, -0.2) is 28.6 Å². The Morgan fingerprint density at radius 1 is 1.20 bits per heavy atom. The summed E-state index contributed by atoms with van der Waals surface area (Å²) < 4.78 is 25.4. The number of nitrogen functional groups attached to an aromatic ring is 1. The van der Waals surface area contributed by atoms with Crippen molar-refractivity contribution in [1.82, 2.24) is 14.3 Å². The largest absolute Gasteiger partial charge is 0.399 e. The molecular weight excluding hydrogens is 280 g/mol. The maximum atomic E-state index is 12.3. The van der Waals surface area contributed by atoms with Crippen LogP contribution >= 0.6 is 0 Å². The number of anilines is 1. The van der Waals surface area contributed by atoms with Crippen molar-refractivity contribution >= 4 is 21.6 Å². The lowest BCUT2D eigenvalue weighted by atomic mass is 10.2. The molecule has 102 valence electrons. The summed E-state index contributed by atoms with van der Waals surface area (Å²) in [5, 5.41) is 0. The van der Waals surface area contributed by atoms with Gasteiger partial charge in [-0.2, -0.15) is 0 Å². The van der Waals surface area contributed by atoms with Gasteiger partial charge in [0.1, 0.15) is 10.7 Å². The average Bonchev–Trinajstić information content (AvgIpc) is 2.61. The van der Waals surface area contributed by atoms with Crippen LogP contribution in [0.15, 0.2) is 41.6 Å². The second-order valence-electron chi connectivity index (χ2n) is 4.24. The first-order valence-electron chi connectivity index (χ1n) is 5.72. The van der Waals surface area contributed by atoms with Crippen LogP contribution < -0.4 is 5.73 Å². The number of hydrogen-bond donors (Lipinski definition) is 1. The Morgan fingerprint density at radius 3 is 2.60 bits per heavy atom. The van der Waals surface area contributed by atoms with Crippen LogP contribution in [0.25, 0.3) is 0 Å². The number of carbonyl (C=O) groups is 1. The van der Waals surface area contributed by atoms with E-state index in [1.165, 1.54) is 30.6 Å². The summed E-state index contributed by atoms with van der Waals surface area (Å²) in [6.45, 7) is -0.198. The van der Waals surface area contributed by atoms with E-state index in [2.05, 4.69) is 9.97 Å². The minimum absolute atomic E-state index is 0.0346. The molecule has 2 N–H and O–H groups in total. The van der Waals surface area contributed by atoms with Crippen LogP contribution in [0.3, 0.4) is 0 Å². The minimum atomic E-state index is -3.86. The third-order valence-electron chi connectivity index (χ3n) is 2.93. The zero-order chi connectivity index (χ0) is 14.3. The van der Waals surface area contributed by atoms with Crippen molar-refractivity contribution in [3.8, 4) is 0 Å². The molecule has 1 aromatic carbocycles. The molecule has 0 radical (unpaired) electrons. The summed E-state index contributed by atoms with van der Waals surface area (Å²) in [6.07, 6.45) is 2.97. The van der Waals surface area contributed by atoms with E-state index in [-0.39, 0.29) is 22.8 Å². The number of nitrogens with two attached hydrogens (primary N) is 1. The molecule has 1 aromatic heterocycles. The topological polar surface area (TPSA) is 106 Å². The molecule has 1 amide bonds. The van der Waals surface area contributed by atoms with Gasteiger partial charge in [-0.05, 0) is 24.3 Å². The summed E-state index contributed by atoms with van der Waals surface area (Å²) in [5.74, 6) is -0.357. The maximum Gasteiger partial charge on any atom is 0.269 e. The van der Waals surface area contributed by atoms with Crippen LogP contribution in [0, 0.1) is 0 Å². The van der Waals surface area contributed by atoms with Gasteiger partial charge in [0.05, 0.1) is 12.1 Å². The van der Waals surface area contributed by atoms with Crippen molar-refractivity contribution in [2.45, 2.75) is 11.4 Å². The van der Waals surface area contributed by atoms with Crippen LogP contribution in [0.1, 0.15) is 16.2 Å². The van der Waals surface area contributed by atoms with Gasteiger partial charge in [-0.3, -0.25) is 4.79 Å². The van der Waals surface area contributed by atoms with Crippen molar-refractivity contribution in [2.75, 3.05) is 5.73 Å². The second kappa shape index (κ2) is 4.27. The number of rotatable bonds is 2. The highest BCUT2D eigenvalue weighted by Crippen LogP contribution is 2.32. The summed E-state index contributed by atoms with van der Waals surface area (Å²) in [6, 6.07) is 5.76. The molecule has 3 rings (SSSR count). The van der Waals surface area contributed by atoms with Crippen molar-refractivity contribution in [1.29, 1.82) is 0 Å². The zero-order valence-corrected chi connectivity index (χ0v) is 11.0. The standard InChI is InChI=1S/C12H10N4O3S/c13-8-2-3-10-9(6-8)12(17)16(20(10,18)19)7-11-14-4-1-5-15-11/h1-6H,7,13H2. The summed E-state index contributed by atoms with van der Waals surface area (Å²) in [5.41, 5.74) is 6.01. The molecule has 0 saturated carbocycles. The van der Waals surface area contributed by atoms with Gasteiger partial charge in [-0.15, -0.1) is 0 Å². The van der Waals surface area contributed by atoms with E-state index in [1.54, 1.807) is 6.07 Å². The lowest BCUT2D eigenvalue weighted by Gasteiger charge is -2.13. The second-order valence-corrected chi connectivity index (χ2v) is 6.07. The fourth-order valence-electron chi connectivity index (χ4n) is 2.00. The Balaban J connectivity index is 2.05. The molecule has 2 aromatic rings. The van der Waals surface area contributed by atoms with E-state index in [0.717, 1.165) is 4.31 Å². The molecule has 0 fully saturated rings. The third kappa shape index (κ3) is 1.81. The van der Waals surface area contributed by atoms with Gasteiger partial charge in [0, 0.05) is 18.1 Å². The predicted octanol–water partition coefficient (Wildman–Crippen LogP) is 0.403. The minimum Gasteiger partial charge on any atom is -0.399 e. The number of fused-ring (bicyclic) bond motifs is 1. The molecule has 7 nitrogen and oxygen atoms in total. The van der Waals surface area contributed by atoms with Crippen molar-refractivity contribution in [3.63, 3.8) is 0 Å². The fourth-order valence-corrected chi connectivity index (χ4v) is 3.50. The highest BCUT2D eigenvalue weighted by molar-refractivity contribution is 7.90. The quantitative estimate of drug-likeness (QED) is 0.802. The molecule has 1 aliphatic rings. The summed E-state index contributed by atoms with van der Waals surface area (Å²) in [7, 11) is -3.86. The lowest BCUT2D eigenvalue weighted by Crippen LogP contribution is -2.30. The van der Waals surface area contributed by atoms with Crippen LogP contribution in [-0.2, 0) is 16.6 Å². The van der Waals surface area contributed by atoms with E-state index in [9.17, 15) is 13.2 Å². The molecule has 0 unspecified atom stereocenters. The van der Waals surface area contributed by atoms with Gasteiger partial charge >= 0.3 is 0 Å². The third-order valence-corrected chi connectivity index (χ3v) is 4.72. The highest BCUT2D eigenvalue weighted by atomic mass is 32.2. The average molecular weight is 290 g/mol. The number of sulfonamides is 1. The molecular formula is C12H10N4O3S. The number of carbonyl (C=O) groups excluding carboxylic acids is 1. The van der Waals surface area contributed by atoms with E-state index in [0.29, 0.717) is 5.69 Å². The maximum absolute atomic E-state index is 12.3. The normalized spacial score (nSPS) is 16.2. The molecule has 0 saturated heterocycles. The predicted molar refractivity (Wildman–Crippen MR) is 69.9 cm³/mol. The molecule has 0 spiro atoms. The van der Waals surface area contributed by atoms with Crippen molar-refractivity contribution in [2.24, 2.45) is 0 Å². The Labute approximate surface area is 115 Å². The van der Waals surface area contributed by atoms with Gasteiger partial charge in [-0.1, -0.05) is 0 Å². The summed E-state index contributed by atoms with van der Waals surface area (Å²) in [4.78, 5) is 20.0. The van der Waals surface area contributed by atoms with Crippen molar-refractivity contribution in [3.05, 3.63) is 48.0 Å². The Kier molecular flexibility index (Phi) is 2.68. The lowest BCUT2D eigenvalue weighted by molar-refractivity contribution is 0.0862. The van der Waals surface area contributed by atoms with E-state index >= 15 is 0 Å². The Hall–Kier alpha value is -2.48. The number of hydrogen-bond acceptors (Lipinski definition) is 6. The zero-order valence-electron chi connectivity index (χ0n) is 10.2. The molecule has 2 heterocycles. The monoisotopic (exact) mass is 290 g/mol. The Bertz CT molecular complexity index is 790. The fraction of sp³-hybridized carbons (Fsp3) is 0.0833. The van der Waals surface area contributed by atoms with Crippen LogP contribution in [0.4, 0.5) is 5.69 Å². The number of benzene rings is 1. The number of amides is 1. The first-order valence-corrected chi connectivity index (χ1v) is 7.16. The highest BCUT2D eigenvalue weighted by Gasteiger charge is 2.41. The van der Waals surface area contributed by atoms with Gasteiger partial charge in [-0.25, -0.2) is 22.7 Å². The first kappa shape index (κ1) is 12.5. The smallest absolute Gasteiger partial charge is 0.269 e. The van der Waals surface area contributed by atoms with Gasteiger partial charge < -0.3 is 5.73 Å². The molecule has 20 heavy (non-hydrogen) atoms.